The normalized spacial score (nSPS) is 29.0. The number of halogens is 1. The van der Waals surface area contributed by atoms with Crippen LogP contribution in [-0.4, -0.2) is 28.5 Å². The molecule has 6 heteroatoms. The maximum atomic E-state index is 13.0. The summed E-state index contributed by atoms with van der Waals surface area (Å²) in [4.78, 5) is 28.4. The number of nitrogens with one attached hydrogen (secondary N) is 1. The number of nitrogens with zero attached hydrogens (tertiary/aromatic N) is 1. The molecule has 0 atom stereocenters. The van der Waals surface area contributed by atoms with E-state index in [2.05, 4.69) is 10.3 Å². The van der Waals surface area contributed by atoms with Gasteiger partial charge in [0, 0.05) is 12.1 Å². The molecule has 0 saturated heterocycles. The molecule has 1 aromatic carbocycles. The monoisotopic (exact) mass is 424 g/mol. The van der Waals surface area contributed by atoms with E-state index in [1.807, 2.05) is 0 Å². The third-order valence-electron chi connectivity index (χ3n) is 7.26. The molecule has 4 saturated carbocycles. The molecule has 30 heavy (non-hydrogen) atoms. The molecular weight excluding hydrogens is 400 g/mol. The fourth-order valence-corrected chi connectivity index (χ4v) is 6.65. The zero-order chi connectivity index (χ0) is 20.9. The number of rotatable bonds is 5. The highest BCUT2D eigenvalue weighted by atomic mass is 35.5. The second kappa shape index (κ2) is 7.38. The van der Waals surface area contributed by atoms with Gasteiger partial charge >= 0.3 is 5.97 Å². The first-order valence-electron chi connectivity index (χ1n) is 10.7. The number of amides is 1. The van der Waals surface area contributed by atoms with Gasteiger partial charge in [-0.3, -0.25) is 4.79 Å². The van der Waals surface area contributed by atoms with Crippen molar-refractivity contribution in [2.75, 3.05) is 6.54 Å². The molecule has 5 nitrogen and oxygen atoms in total. The summed E-state index contributed by atoms with van der Waals surface area (Å²) in [6.07, 6.45) is 7.84. The highest BCUT2D eigenvalue weighted by Gasteiger charge is 2.50. The van der Waals surface area contributed by atoms with Gasteiger partial charge in [0.1, 0.15) is 5.69 Å². The Bertz CT molecular complexity index is 984. The van der Waals surface area contributed by atoms with E-state index in [9.17, 15) is 14.7 Å². The van der Waals surface area contributed by atoms with Crippen LogP contribution in [0.5, 0.6) is 0 Å². The second-order valence-electron chi connectivity index (χ2n) is 9.51. The van der Waals surface area contributed by atoms with Crippen molar-refractivity contribution in [1.29, 1.82) is 0 Å². The Labute approximate surface area is 180 Å². The van der Waals surface area contributed by atoms with E-state index < -0.39 is 5.97 Å². The van der Waals surface area contributed by atoms with Crippen LogP contribution in [0.4, 0.5) is 0 Å². The number of carbonyl (C=O) groups excluding carboxylic acids is 1. The molecular formula is C24H25ClN2O3. The van der Waals surface area contributed by atoms with Crippen LogP contribution >= 0.6 is 11.6 Å². The van der Waals surface area contributed by atoms with E-state index in [-0.39, 0.29) is 17.0 Å². The summed E-state index contributed by atoms with van der Waals surface area (Å²) in [6.45, 7) is 0.711. The number of carboxylic acid groups (broad SMARTS) is 1. The highest BCUT2D eigenvalue weighted by Crippen LogP contribution is 2.59. The molecule has 0 radical (unpaired) electrons. The summed E-state index contributed by atoms with van der Waals surface area (Å²) in [5.74, 6) is 1.26. The van der Waals surface area contributed by atoms with Gasteiger partial charge in [-0.05, 0) is 86.0 Å². The third kappa shape index (κ3) is 3.60. The molecule has 0 aliphatic heterocycles. The van der Waals surface area contributed by atoms with Crippen LogP contribution in [0, 0.1) is 23.2 Å². The number of aromatic nitrogens is 1. The minimum atomic E-state index is -1.08. The maximum absolute atomic E-state index is 13.0. The van der Waals surface area contributed by atoms with Crippen molar-refractivity contribution in [3.05, 3.63) is 52.7 Å². The average molecular weight is 425 g/mol. The van der Waals surface area contributed by atoms with E-state index in [1.54, 1.807) is 30.3 Å². The Morgan fingerprint density at radius 1 is 1.07 bits per heavy atom. The van der Waals surface area contributed by atoms with Crippen LogP contribution in [0.25, 0.3) is 11.3 Å². The van der Waals surface area contributed by atoms with E-state index in [0.717, 1.165) is 17.8 Å². The first-order chi connectivity index (χ1) is 14.4. The van der Waals surface area contributed by atoms with Crippen molar-refractivity contribution in [3.63, 3.8) is 0 Å². The summed E-state index contributed by atoms with van der Waals surface area (Å²) in [5, 5.41) is 12.7. The van der Waals surface area contributed by atoms with E-state index in [0.29, 0.717) is 28.4 Å². The summed E-state index contributed by atoms with van der Waals surface area (Å²) in [7, 11) is 0. The molecule has 1 amide bonds. The van der Waals surface area contributed by atoms with Gasteiger partial charge in [-0.1, -0.05) is 23.7 Å². The molecule has 2 aromatic rings. The number of hydrogen-bond donors (Lipinski definition) is 2. The van der Waals surface area contributed by atoms with Crippen LogP contribution in [-0.2, 0) is 0 Å². The van der Waals surface area contributed by atoms with Gasteiger partial charge in [-0.15, -0.1) is 0 Å². The van der Waals surface area contributed by atoms with Crippen LogP contribution in [0.2, 0.25) is 5.02 Å². The molecule has 6 rings (SSSR count). The van der Waals surface area contributed by atoms with Crippen molar-refractivity contribution in [3.8, 4) is 11.3 Å². The molecule has 0 unspecified atom stereocenters. The predicted molar refractivity (Wildman–Crippen MR) is 115 cm³/mol. The van der Waals surface area contributed by atoms with Gasteiger partial charge in [0.15, 0.2) is 0 Å². The van der Waals surface area contributed by atoms with E-state index >= 15 is 0 Å². The topological polar surface area (TPSA) is 79.3 Å². The third-order valence-corrected chi connectivity index (χ3v) is 7.59. The number of carbonyl (C=O) groups is 2. The minimum Gasteiger partial charge on any atom is -0.477 e. The number of pyridine rings is 1. The summed E-state index contributed by atoms with van der Waals surface area (Å²) < 4.78 is 0. The molecule has 4 bridgehead atoms. The molecule has 2 N–H and O–H groups in total. The van der Waals surface area contributed by atoms with Crippen LogP contribution < -0.4 is 5.32 Å². The zero-order valence-corrected chi connectivity index (χ0v) is 17.5. The number of carboxylic acids is 1. The first-order valence-corrected chi connectivity index (χ1v) is 11.1. The van der Waals surface area contributed by atoms with Gasteiger partial charge in [-0.2, -0.15) is 0 Å². The lowest BCUT2D eigenvalue weighted by molar-refractivity contribution is -0.0503. The summed E-state index contributed by atoms with van der Waals surface area (Å²) >= 11 is 6.34. The minimum absolute atomic E-state index is 0.0322. The second-order valence-corrected chi connectivity index (χ2v) is 9.92. The van der Waals surface area contributed by atoms with Crippen molar-refractivity contribution < 1.29 is 14.7 Å². The standard InChI is InChI=1S/C24H25ClN2O3/c25-19-5-4-17(20-2-1-3-21(27-20)23(29)30)9-18(19)22(28)26-13-24-10-14-6-15(11-24)8-16(7-14)12-24/h1-5,9,14-16H,6-8,10-13H2,(H,26,28)(H,29,30). The lowest BCUT2D eigenvalue weighted by Gasteiger charge is -2.56. The SMILES string of the molecule is O=C(O)c1cccc(-c2ccc(Cl)c(C(=O)NCC34CC5CC(CC(C5)C3)C4)c2)n1. The van der Waals surface area contributed by atoms with Gasteiger partial charge in [0.2, 0.25) is 0 Å². The Balaban J connectivity index is 1.34. The lowest BCUT2D eigenvalue weighted by atomic mass is 9.49. The van der Waals surface area contributed by atoms with Gasteiger partial charge in [0.25, 0.3) is 5.91 Å². The maximum Gasteiger partial charge on any atom is 0.354 e. The van der Waals surface area contributed by atoms with E-state index in [1.165, 1.54) is 44.6 Å². The number of hydrogen-bond acceptors (Lipinski definition) is 3. The Kier molecular flexibility index (Phi) is 4.81. The largest absolute Gasteiger partial charge is 0.477 e. The van der Waals surface area contributed by atoms with Crippen molar-refractivity contribution in [2.45, 2.75) is 38.5 Å². The Morgan fingerprint density at radius 2 is 1.73 bits per heavy atom. The molecule has 1 aromatic heterocycles. The highest BCUT2D eigenvalue weighted by molar-refractivity contribution is 6.34. The molecule has 4 aliphatic carbocycles. The van der Waals surface area contributed by atoms with Crippen molar-refractivity contribution in [2.24, 2.45) is 23.2 Å². The quantitative estimate of drug-likeness (QED) is 0.704. The molecule has 1 heterocycles. The van der Waals surface area contributed by atoms with Gasteiger partial charge in [-0.25, -0.2) is 9.78 Å². The lowest BCUT2D eigenvalue weighted by Crippen LogP contribution is -2.51. The molecule has 4 fully saturated rings. The number of aromatic carboxylic acids is 1. The van der Waals surface area contributed by atoms with Crippen LogP contribution in [0.3, 0.4) is 0 Å². The number of benzene rings is 1. The van der Waals surface area contributed by atoms with Gasteiger partial charge < -0.3 is 10.4 Å². The zero-order valence-electron chi connectivity index (χ0n) is 16.7. The smallest absolute Gasteiger partial charge is 0.354 e. The molecule has 0 spiro atoms. The summed E-state index contributed by atoms with van der Waals surface area (Å²) in [5.41, 5.74) is 1.80. The van der Waals surface area contributed by atoms with Gasteiger partial charge in [0.05, 0.1) is 16.3 Å². The average Bonchev–Trinajstić information content (AvgIpc) is 2.71. The summed E-state index contributed by atoms with van der Waals surface area (Å²) in [6, 6.07) is 9.95. The Morgan fingerprint density at radius 3 is 2.37 bits per heavy atom. The van der Waals surface area contributed by atoms with Crippen molar-refractivity contribution in [1.82, 2.24) is 10.3 Å². The molecule has 4 aliphatic rings. The fourth-order valence-electron chi connectivity index (χ4n) is 6.44. The fraction of sp³-hybridized carbons (Fsp3) is 0.458. The van der Waals surface area contributed by atoms with E-state index in [4.69, 9.17) is 11.6 Å². The predicted octanol–water partition coefficient (Wildman–Crippen LogP) is 5.05. The first kappa shape index (κ1) is 19.6. The Hall–Kier alpha value is -2.40. The molecule has 156 valence electrons. The van der Waals surface area contributed by atoms with Crippen molar-refractivity contribution >= 4 is 23.5 Å². The van der Waals surface area contributed by atoms with Crippen LogP contribution in [0.1, 0.15) is 59.4 Å². The van der Waals surface area contributed by atoms with Crippen LogP contribution in [0.15, 0.2) is 36.4 Å².